The molecule has 0 unspecified atom stereocenters. The molecule has 0 amide bonds. The summed E-state index contributed by atoms with van der Waals surface area (Å²) in [5, 5.41) is 14.1. The van der Waals surface area contributed by atoms with Crippen molar-refractivity contribution in [3.63, 3.8) is 0 Å². The minimum absolute atomic E-state index is 0.179. The van der Waals surface area contributed by atoms with Crippen LogP contribution in [0.15, 0.2) is 188 Å². The molecular formula is C48H32BNO2. The second-order valence-electron chi connectivity index (χ2n) is 12.9. The van der Waals surface area contributed by atoms with E-state index in [1.54, 1.807) is 0 Å². The number of hydrogen-bond acceptors (Lipinski definition) is 2. The Balaban J connectivity index is 1.21. The van der Waals surface area contributed by atoms with E-state index in [2.05, 4.69) is 114 Å². The average molecular weight is 666 g/mol. The fourth-order valence-electron chi connectivity index (χ4n) is 7.31. The Bertz CT molecular complexity index is 2690. The van der Waals surface area contributed by atoms with Crippen LogP contribution in [0.5, 0.6) is 17.2 Å². The van der Waals surface area contributed by atoms with Crippen LogP contribution in [0.3, 0.4) is 0 Å². The molecule has 0 spiro atoms. The molecule has 0 fully saturated rings. The lowest BCUT2D eigenvalue weighted by molar-refractivity contribution is 0.477. The number of ether oxygens (including phenoxy) is 1. The molecule has 0 saturated carbocycles. The Kier molecular flexibility index (Phi) is 7.90. The number of phenols is 1. The van der Waals surface area contributed by atoms with Gasteiger partial charge in [-0.1, -0.05) is 145 Å². The molecule has 0 bridgehead atoms. The predicted molar refractivity (Wildman–Crippen MR) is 216 cm³/mol. The standard InChI is InChI=1S/C48H32BNO2/c49-43-21-9-13-25-48(43)52-36-29-34(39-18-6-10-22-44(39)50-45-23-11-7-19-41(45)42-20-8-12-24-46(42)50)28-35(30-36)40-27-26-33(31-47(40)51)38-17-5-4-16-37(38)32-14-2-1-3-15-32/h1-31,51H. The number of rotatable bonds is 7. The first-order chi connectivity index (χ1) is 25.6. The quantitative estimate of drug-likeness (QED) is 0.172. The molecule has 4 heteroatoms. The first-order valence-corrected chi connectivity index (χ1v) is 17.4. The van der Waals surface area contributed by atoms with Gasteiger partial charge in [-0.3, -0.25) is 0 Å². The van der Waals surface area contributed by atoms with E-state index in [0.717, 1.165) is 55.7 Å². The van der Waals surface area contributed by atoms with Gasteiger partial charge in [-0.05, 0) is 81.9 Å². The van der Waals surface area contributed by atoms with Crippen molar-refractivity contribution in [3.05, 3.63) is 188 Å². The van der Waals surface area contributed by atoms with Gasteiger partial charge in [0.15, 0.2) is 0 Å². The van der Waals surface area contributed by atoms with Gasteiger partial charge in [-0.25, -0.2) is 0 Å². The van der Waals surface area contributed by atoms with Gasteiger partial charge in [0.05, 0.1) is 16.7 Å². The van der Waals surface area contributed by atoms with Crippen LogP contribution in [-0.2, 0) is 0 Å². The number of hydrogen-bond donors (Lipinski definition) is 1. The molecule has 1 heterocycles. The van der Waals surface area contributed by atoms with Gasteiger partial charge in [-0.2, -0.15) is 0 Å². The summed E-state index contributed by atoms with van der Waals surface area (Å²) in [6, 6.07) is 63.6. The van der Waals surface area contributed by atoms with E-state index in [-0.39, 0.29) is 5.75 Å². The number of phenolic OH excluding ortho intramolecular Hbond substituents is 1. The van der Waals surface area contributed by atoms with Crippen molar-refractivity contribution in [1.29, 1.82) is 0 Å². The Morgan fingerprint density at radius 2 is 0.981 bits per heavy atom. The second-order valence-corrected chi connectivity index (χ2v) is 12.9. The van der Waals surface area contributed by atoms with Gasteiger partial charge >= 0.3 is 0 Å². The van der Waals surface area contributed by atoms with Gasteiger partial charge in [0, 0.05) is 21.9 Å². The fraction of sp³-hybridized carbons (Fsp3) is 0. The Morgan fingerprint density at radius 3 is 1.67 bits per heavy atom. The summed E-state index contributed by atoms with van der Waals surface area (Å²) in [7, 11) is 6.34. The molecule has 1 aromatic heterocycles. The highest BCUT2D eigenvalue weighted by atomic mass is 16.5. The van der Waals surface area contributed by atoms with Crippen molar-refractivity contribution in [2.45, 2.75) is 0 Å². The molecule has 9 aromatic rings. The van der Waals surface area contributed by atoms with Crippen LogP contribution in [0.25, 0.3) is 72.0 Å². The maximum atomic E-state index is 11.7. The monoisotopic (exact) mass is 665 g/mol. The van der Waals surface area contributed by atoms with E-state index in [9.17, 15) is 5.11 Å². The number of aromatic hydroxyl groups is 1. The molecule has 52 heavy (non-hydrogen) atoms. The van der Waals surface area contributed by atoms with Crippen molar-refractivity contribution >= 4 is 35.1 Å². The minimum Gasteiger partial charge on any atom is -0.507 e. The van der Waals surface area contributed by atoms with Crippen molar-refractivity contribution in [2.75, 3.05) is 0 Å². The number of nitrogens with zero attached hydrogens (tertiary/aromatic N) is 1. The number of fused-ring (bicyclic) bond motifs is 3. The van der Waals surface area contributed by atoms with Gasteiger partial charge in [0.25, 0.3) is 0 Å². The van der Waals surface area contributed by atoms with Crippen molar-refractivity contribution in [1.82, 2.24) is 4.57 Å². The summed E-state index contributed by atoms with van der Waals surface area (Å²) in [5.74, 6) is 1.36. The van der Waals surface area contributed by atoms with Crippen LogP contribution in [0.1, 0.15) is 0 Å². The van der Waals surface area contributed by atoms with E-state index in [0.29, 0.717) is 22.5 Å². The van der Waals surface area contributed by atoms with Crippen LogP contribution >= 0.6 is 0 Å². The van der Waals surface area contributed by atoms with Crippen LogP contribution in [0, 0.1) is 0 Å². The summed E-state index contributed by atoms with van der Waals surface area (Å²) in [5.41, 5.74) is 11.5. The molecule has 0 atom stereocenters. The first kappa shape index (κ1) is 31.2. The molecule has 3 nitrogen and oxygen atoms in total. The SMILES string of the molecule is [B]c1ccccc1Oc1cc(-c2ccc(-c3ccccc3-c3ccccc3)cc2O)cc(-c2ccccc2-n2c3ccccc3c3ccccc32)c1. The number of benzene rings is 8. The summed E-state index contributed by atoms with van der Waals surface area (Å²) < 4.78 is 8.82. The maximum Gasteiger partial charge on any atom is 0.128 e. The lowest BCUT2D eigenvalue weighted by Crippen LogP contribution is -2.05. The largest absolute Gasteiger partial charge is 0.507 e. The second kappa shape index (κ2) is 13.2. The third kappa shape index (κ3) is 5.61. The zero-order chi connectivity index (χ0) is 35.0. The molecule has 0 aliphatic carbocycles. The maximum absolute atomic E-state index is 11.7. The van der Waals surface area contributed by atoms with E-state index in [1.165, 1.54) is 10.8 Å². The zero-order valence-electron chi connectivity index (χ0n) is 28.3. The van der Waals surface area contributed by atoms with Gasteiger partial charge in [0.2, 0.25) is 0 Å². The third-order valence-electron chi connectivity index (χ3n) is 9.72. The van der Waals surface area contributed by atoms with Gasteiger partial charge in [-0.15, -0.1) is 0 Å². The average Bonchev–Trinajstić information content (AvgIpc) is 3.53. The number of aromatic nitrogens is 1. The molecular weight excluding hydrogens is 633 g/mol. The van der Waals surface area contributed by atoms with Gasteiger partial charge < -0.3 is 14.4 Å². The molecule has 9 rings (SSSR count). The Hall–Kier alpha value is -6.78. The zero-order valence-corrected chi connectivity index (χ0v) is 28.3. The van der Waals surface area contributed by atoms with E-state index < -0.39 is 0 Å². The molecule has 0 aliphatic heterocycles. The first-order valence-electron chi connectivity index (χ1n) is 17.4. The van der Waals surface area contributed by atoms with Crippen molar-refractivity contribution in [3.8, 4) is 67.4 Å². The highest BCUT2D eigenvalue weighted by Crippen LogP contribution is 2.42. The van der Waals surface area contributed by atoms with Crippen LogP contribution in [-0.4, -0.2) is 17.5 Å². The van der Waals surface area contributed by atoms with Gasteiger partial charge in [0.1, 0.15) is 25.1 Å². The molecule has 2 radical (unpaired) electrons. The van der Waals surface area contributed by atoms with E-state index >= 15 is 0 Å². The summed E-state index contributed by atoms with van der Waals surface area (Å²) in [4.78, 5) is 0. The van der Waals surface area contributed by atoms with Crippen molar-refractivity contribution < 1.29 is 9.84 Å². The minimum atomic E-state index is 0.179. The van der Waals surface area contributed by atoms with Crippen LogP contribution in [0.4, 0.5) is 0 Å². The normalized spacial score (nSPS) is 11.2. The Labute approximate surface area is 304 Å². The highest BCUT2D eigenvalue weighted by Gasteiger charge is 2.18. The van der Waals surface area contributed by atoms with Crippen LogP contribution in [0.2, 0.25) is 0 Å². The highest BCUT2D eigenvalue weighted by molar-refractivity contribution is 6.34. The fourth-order valence-corrected chi connectivity index (χ4v) is 7.31. The predicted octanol–water partition coefficient (Wildman–Crippen LogP) is 11.7. The molecule has 0 saturated heterocycles. The van der Waals surface area contributed by atoms with Crippen molar-refractivity contribution in [2.24, 2.45) is 0 Å². The molecule has 244 valence electrons. The Morgan fingerprint density at radius 1 is 0.423 bits per heavy atom. The molecule has 0 aliphatic rings. The lowest BCUT2D eigenvalue weighted by Gasteiger charge is -2.18. The molecule has 8 aromatic carbocycles. The van der Waals surface area contributed by atoms with E-state index in [4.69, 9.17) is 12.6 Å². The molecule has 1 N–H and O–H groups in total. The smallest absolute Gasteiger partial charge is 0.128 e. The third-order valence-corrected chi connectivity index (χ3v) is 9.72. The van der Waals surface area contributed by atoms with E-state index in [1.807, 2.05) is 78.9 Å². The summed E-state index contributed by atoms with van der Waals surface area (Å²) >= 11 is 0. The summed E-state index contributed by atoms with van der Waals surface area (Å²) in [6.45, 7) is 0. The summed E-state index contributed by atoms with van der Waals surface area (Å²) in [6.07, 6.45) is 0. The number of para-hydroxylation sites is 4. The lowest BCUT2D eigenvalue weighted by atomic mass is 9.92. The topological polar surface area (TPSA) is 34.4 Å². The van der Waals surface area contributed by atoms with Crippen LogP contribution < -0.4 is 10.2 Å².